The Morgan fingerprint density at radius 3 is 1.79 bits per heavy atom. The highest BCUT2D eigenvalue weighted by Crippen LogP contribution is 2.40. The van der Waals surface area contributed by atoms with Crippen molar-refractivity contribution < 1.29 is 39.9 Å². The second kappa shape index (κ2) is 11.3. The second-order valence-electron chi connectivity index (χ2n) is 8.69. The summed E-state index contributed by atoms with van der Waals surface area (Å²) in [5.74, 6) is -8.80. The molecule has 0 amide bonds. The van der Waals surface area contributed by atoms with Crippen LogP contribution in [0.15, 0.2) is 60.7 Å². The zero-order valence-corrected chi connectivity index (χ0v) is 21.0. The molecule has 4 rings (SSSR count). The van der Waals surface area contributed by atoms with Gasteiger partial charge in [-0.15, -0.1) is 0 Å². The van der Waals surface area contributed by atoms with Gasteiger partial charge < -0.3 is 4.74 Å². The lowest BCUT2D eigenvalue weighted by Crippen LogP contribution is -2.25. The molecule has 0 unspecified atom stereocenters. The molecule has 0 saturated carbocycles. The first-order valence-corrected chi connectivity index (χ1v) is 12.0. The molecule has 0 radical (unpaired) electrons. The molecule has 4 aromatic rings. The van der Waals surface area contributed by atoms with Crippen LogP contribution in [0.3, 0.4) is 0 Å². The van der Waals surface area contributed by atoms with E-state index in [1.54, 1.807) is 12.1 Å². The van der Waals surface area contributed by atoms with Crippen molar-refractivity contribution in [1.29, 1.82) is 0 Å². The highest BCUT2D eigenvalue weighted by atomic mass is 35.5. The van der Waals surface area contributed by atoms with E-state index in [4.69, 9.17) is 11.6 Å². The van der Waals surface area contributed by atoms with E-state index in [2.05, 4.69) is 4.74 Å². The Balaban J connectivity index is 1.67. The van der Waals surface area contributed by atoms with Gasteiger partial charge in [0, 0.05) is 17.7 Å². The smallest absolute Gasteiger partial charge is 0.429 e. The first-order chi connectivity index (χ1) is 18.4. The predicted octanol–water partition coefficient (Wildman–Crippen LogP) is 9.92. The Morgan fingerprint density at radius 2 is 1.28 bits per heavy atom. The van der Waals surface area contributed by atoms with Crippen molar-refractivity contribution in [3.8, 4) is 28.0 Å². The van der Waals surface area contributed by atoms with Crippen LogP contribution in [0, 0.1) is 29.1 Å². The molecule has 0 aliphatic rings. The van der Waals surface area contributed by atoms with Crippen molar-refractivity contribution in [2.45, 2.75) is 32.5 Å². The Kier molecular flexibility index (Phi) is 8.20. The number of rotatable bonds is 8. The Morgan fingerprint density at radius 1 is 0.718 bits per heavy atom. The van der Waals surface area contributed by atoms with Crippen LogP contribution in [-0.4, -0.2) is 0 Å². The molecule has 0 fully saturated rings. The summed E-state index contributed by atoms with van der Waals surface area (Å²) >= 11 is 6.24. The van der Waals surface area contributed by atoms with Crippen molar-refractivity contribution in [2.75, 3.05) is 0 Å². The molecule has 1 nitrogen and oxygen atoms in total. The third-order valence-corrected chi connectivity index (χ3v) is 6.28. The van der Waals surface area contributed by atoms with Gasteiger partial charge in [0.2, 0.25) is 0 Å². The molecule has 0 heterocycles. The summed E-state index contributed by atoms with van der Waals surface area (Å²) in [4.78, 5) is 0. The van der Waals surface area contributed by atoms with Crippen LogP contribution in [0.4, 0.5) is 35.1 Å². The minimum absolute atomic E-state index is 0.226. The lowest BCUT2D eigenvalue weighted by atomic mass is 9.97. The summed E-state index contributed by atoms with van der Waals surface area (Å²) in [6, 6.07) is 11.2. The quantitative estimate of drug-likeness (QED) is 0.192. The predicted molar refractivity (Wildman–Crippen MR) is 132 cm³/mol. The van der Waals surface area contributed by atoms with E-state index in [1.165, 1.54) is 6.07 Å². The van der Waals surface area contributed by atoms with E-state index in [9.17, 15) is 30.7 Å². The van der Waals surface area contributed by atoms with Gasteiger partial charge in [0.15, 0.2) is 0 Å². The maximum atomic E-state index is 15.1. The summed E-state index contributed by atoms with van der Waals surface area (Å²) in [5, 5.41) is -0.226. The van der Waals surface area contributed by atoms with Gasteiger partial charge in [-0.3, -0.25) is 0 Å². The number of ether oxygens (including phenoxy) is 1. The van der Waals surface area contributed by atoms with Crippen molar-refractivity contribution in [1.82, 2.24) is 0 Å². The maximum absolute atomic E-state index is 15.1. The number of alkyl halides is 3. The Bertz CT molecular complexity index is 1450. The summed E-state index contributed by atoms with van der Waals surface area (Å²) in [5.41, 5.74) is -1.70. The van der Waals surface area contributed by atoms with Crippen LogP contribution < -0.4 is 4.74 Å². The second-order valence-corrected chi connectivity index (χ2v) is 9.10. The van der Waals surface area contributed by atoms with Gasteiger partial charge in [-0.25, -0.2) is 26.3 Å². The zero-order valence-electron chi connectivity index (χ0n) is 20.2. The molecular weight excluding hydrogens is 552 g/mol. The largest absolute Gasteiger partial charge is 0.432 e. The van der Waals surface area contributed by atoms with E-state index in [0.29, 0.717) is 23.3 Å². The third kappa shape index (κ3) is 5.88. The molecule has 0 spiro atoms. The monoisotopic (exact) mass is 570 g/mol. The minimum atomic E-state index is -4.75. The molecular formula is C29H19ClF8O. The highest BCUT2D eigenvalue weighted by Gasteiger charge is 2.41. The minimum Gasteiger partial charge on any atom is -0.429 e. The van der Waals surface area contributed by atoms with Gasteiger partial charge >= 0.3 is 6.11 Å². The van der Waals surface area contributed by atoms with Crippen LogP contribution >= 0.6 is 11.6 Å². The molecule has 0 saturated heterocycles. The van der Waals surface area contributed by atoms with E-state index >= 15 is 4.39 Å². The molecule has 0 bridgehead atoms. The average molecular weight is 571 g/mol. The molecule has 204 valence electrons. The summed E-state index contributed by atoms with van der Waals surface area (Å²) in [7, 11) is 0. The van der Waals surface area contributed by atoms with Gasteiger partial charge in [0.25, 0.3) is 0 Å². The van der Waals surface area contributed by atoms with E-state index < -0.39 is 69.9 Å². The van der Waals surface area contributed by atoms with Gasteiger partial charge in [0.1, 0.15) is 47.1 Å². The fourth-order valence-corrected chi connectivity index (χ4v) is 4.45. The summed E-state index contributed by atoms with van der Waals surface area (Å²) in [6.07, 6.45) is -2.94. The number of hydrogen-bond donors (Lipinski definition) is 0. The van der Waals surface area contributed by atoms with Crippen LogP contribution in [-0.2, 0) is 19.2 Å². The maximum Gasteiger partial charge on any atom is 0.432 e. The average Bonchev–Trinajstić information content (AvgIpc) is 2.83. The highest BCUT2D eigenvalue weighted by molar-refractivity contribution is 6.33. The zero-order chi connectivity index (χ0) is 28.5. The fourth-order valence-electron chi connectivity index (χ4n) is 4.13. The lowest BCUT2D eigenvalue weighted by Gasteiger charge is -2.20. The van der Waals surface area contributed by atoms with Gasteiger partial charge in [-0.1, -0.05) is 49.2 Å². The number of hydrogen-bond acceptors (Lipinski definition) is 1. The fraction of sp³-hybridized carbons (Fsp3) is 0.172. The van der Waals surface area contributed by atoms with Crippen molar-refractivity contribution in [2.24, 2.45) is 0 Å². The molecule has 39 heavy (non-hydrogen) atoms. The van der Waals surface area contributed by atoms with E-state index in [-0.39, 0.29) is 17.2 Å². The molecule has 0 aliphatic carbocycles. The van der Waals surface area contributed by atoms with Gasteiger partial charge in [-0.2, -0.15) is 8.78 Å². The summed E-state index contributed by atoms with van der Waals surface area (Å²) < 4.78 is 118. The van der Waals surface area contributed by atoms with Gasteiger partial charge in [0.05, 0.1) is 10.6 Å². The Hall–Kier alpha value is -3.59. The SMILES string of the molecule is CCCc1ccc(-c2cc(F)c(-c3cc(F)c(C(F)(F)Oc4cc(F)c(CF)c(F)c4)c(F)c3)c(Cl)c2)cc1. The normalized spacial score (nSPS) is 11.6. The topological polar surface area (TPSA) is 9.23 Å². The molecule has 0 aromatic heterocycles. The number of aryl methyl sites for hydroxylation is 1. The Labute approximate surface area is 223 Å². The van der Waals surface area contributed by atoms with E-state index in [1.807, 2.05) is 19.1 Å². The summed E-state index contributed by atoms with van der Waals surface area (Å²) in [6.45, 7) is 0.481. The van der Waals surface area contributed by atoms with E-state index in [0.717, 1.165) is 24.5 Å². The first kappa shape index (κ1) is 28.4. The van der Waals surface area contributed by atoms with Crippen LogP contribution in [0.25, 0.3) is 22.3 Å². The first-order valence-electron chi connectivity index (χ1n) is 11.6. The molecule has 4 aromatic carbocycles. The van der Waals surface area contributed by atoms with Crippen LogP contribution in [0.2, 0.25) is 5.02 Å². The standard InChI is InChI=1S/C29H19ClF8O/c1-2-3-15-4-6-16(7-5-15)17-8-21(30)27(24(34)9-17)18-10-25(35)28(26(36)11-18)29(37,38)39-19-12-22(32)20(14-31)23(33)13-19/h4-13H,2-3,14H2,1H3. The molecule has 0 N–H and O–H groups in total. The molecule has 0 atom stereocenters. The number of benzene rings is 4. The lowest BCUT2D eigenvalue weighted by molar-refractivity contribution is -0.189. The molecule has 0 aliphatic heterocycles. The van der Waals surface area contributed by atoms with Crippen LogP contribution in [0.5, 0.6) is 5.75 Å². The number of halogens is 9. The van der Waals surface area contributed by atoms with Gasteiger partial charge in [-0.05, 0) is 52.9 Å². The third-order valence-electron chi connectivity index (χ3n) is 5.98. The van der Waals surface area contributed by atoms with Crippen molar-refractivity contribution in [3.05, 3.63) is 111 Å². The molecule has 10 heteroatoms. The van der Waals surface area contributed by atoms with Crippen LogP contribution in [0.1, 0.15) is 30.0 Å². The van der Waals surface area contributed by atoms with Crippen molar-refractivity contribution >= 4 is 11.6 Å². The van der Waals surface area contributed by atoms with Crippen molar-refractivity contribution in [3.63, 3.8) is 0 Å².